The quantitative estimate of drug-likeness (QED) is 0.396. The summed E-state index contributed by atoms with van der Waals surface area (Å²) in [5.74, 6) is -1.15. The summed E-state index contributed by atoms with van der Waals surface area (Å²) in [6.45, 7) is 2.04. The molecule has 1 unspecified atom stereocenters. The lowest BCUT2D eigenvalue weighted by Crippen LogP contribution is -2.53. The SMILES string of the molecule is COc1ccc(S(=O)(=O)N(C2CCN(Cc3ccccc3)CC2)C2CC(=O)N(c3ccc(F)cc3)C2=O)cc1. The molecule has 0 saturated carbocycles. The zero-order valence-electron chi connectivity index (χ0n) is 21.6. The summed E-state index contributed by atoms with van der Waals surface area (Å²) in [4.78, 5) is 29.9. The van der Waals surface area contributed by atoms with Crippen LogP contribution in [0.25, 0.3) is 0 Å². The number of methoxy groups -OCH3 is 1. The van der Waals surface area contributed by atoms with Gasteiger partial charge in [-0.2, -0.15) is 4.31 Å². The second-order valence-electron chi connectivity index (χ2n) is 9.77. The fourth-order valence-electron chi connectivity index (χ4n) is 5.34. The van der Waals surface area contributed by atoms with Crippen molar-refractivity contribution in [1.29, 1.82) is 0 Å². The van der Waals surface area contributed by atoms with Crippen molar-refractivity contribution in [2.24, 2.45) is 0 Å². The number of carbonyl (C=O) groups excluding carboxylic acids is 2. The number of hydrogen-bond acceptors (Lipinski definition) is 6. The molecular weight excluding hydrogens is 521 g/mol. The largest absolute Gasteiger partial charge is 0.497 e. The van der Waals surface area contributed by atoms with Crippen LogP contribution in [-0.4, -0.2) is 61.7 Å². The molecule has 0 spiro atoms. The van der Waals surface area contributed by atoms with Gasteiger partial charge in [0.25, 0.3) is 5.91 Å². The molecule has 3 aromatic rings. The Hall–Kier alpha value is -3.60. The lowest BCUT2D eigenvalue weighted by molar-refractivity contribution is -0.122. The molecular formula is C29H30FN3O5S. The Morgan fingerprint density at radius 2 is 1.56 bits per heavy atom. The lowest BCUT2D eigenvalue weighted by atomic mass is 10.0. The van der Waals surface area contributed by atoms with Gasteiger partial charge in [-0.25, -0.2) is 17.7 Å². The van der Waals surface area contributed by atoms with E-state index in [1.807, 2.05) is 18.2 Å². The topological polar surface area (TPSA) is 87.2 Å². The van der Waals surface area contributed by atoms with Gasteiger partial charge in [0.15, 0.2) is 0 Å². The highest BCUT2D eigenvalue weighted by Crippen LogP contribution is 2.34. The third-order valence-electron chi connectivity index (χ3n) is 7.32. The van der Waals surface area contributed by atoms with Gasteiger partial charge in [-0.3, -0.25) is 14.5 Å². The molecule has 0 aromatic heterocycles. The van der Waals surface area contributed by atoms with E-state index in [2.05, 4.69) is 17.0 Å². The second kappa shape index (κ2) is 11.3. The smallest absolute Gasteiger partial charge is 0.252 e. The van der Waals surface area contributed by atoms with Gasteiger partial charge in [0.2, 0.25) is 15.9 Å². The Morgan fingerprint density at radius 1 is 0.923 bits per heavy atom. The van der Waals surface area contributed by atoms with Crippen molar-refractivity contribution in [2.45, 2.75) is 42.8 Å². The molecule has 10 heteroatoms. The van der Waals surface area contributed by atoms with Gasteiger partial charge in [-0.15, -0.1) is 0 Å². The predicted octanol–water partition coefficient (Wildman–Crippen LogP) is 3.82. The molecule has 2 saturated heterocycles. The van der Waals surface area contributed by atoms with E-state index >= 15 is 0 Å². The van der Waals surface area contributed by atoms with Crippen molar-refractivity contribution in [3.8, 4) is 5.75 Å². The number of amides is 2. The summed E-state index contributed by atoms with van der Waals surface area (Å²) in [6.07, 6.45) is 0.739. The average Bonchev–Trinajstić information content (AvgIpc) is 3.23. The zero-order valence-corrected chi connectivity index (χ0v) is 22.4. The fraction of sp³-hybridized carbons (Fsp3) is 0.310. The second-order valence-corrected chi connectivity index (χ2v) is 11.6. The van der Waals surface area contributed by atoms with Crippen LogP contribution in [0.3, 0.4) is 0 Å². The van der Waals surface area contributed by atoms with E-state index in [-0.39, 0.29) is 17.0 Å². The molecule has 1 atom stereocenters. The fourth-order valence-corrected chi connectivity index (χ4v) is 7.16. The van der Waals surface area contributed by atoms with Crippen molar-refractivity contribution >= 4 is 27.5 Å². The van der Waals surface area contributed by atoms with Crippen LogP contribution < -0.4 is 9.64 Å². The molecule has 39 heavy (non-hydrogen) atoms. The van der Waals surface area contributed by atoms with E-state index in [4.69, 9.17) is 4.74 Å². The monoisotopic (exact) mass is 551 g/mol. The summed E-state index contributed by atoms with van der Waals surface area (Å²) in [5, 5.41) is 0. The normalized spacial score (nSPS) is 19.2. The Bertz CT molecular complexity index is 1420. The Morgan fingerprint density at radius 3 is 2.18 bits per heavy atom. The average molecular weight is 552 g/mol. The third kappa shape index (κ3) is 5.59. The summed E-state index contributed by atoms with van der Waals surface area (Å²) in [5.41, 5.74) is 1.39. The van der Waals surface area contributed by atoms with Gasteiger partial charge < -0.3 is 4.74 Å². The number of hydrogen-bond donors (Lipinski definition) is 0. The molecule has 5 rings (SSSR count). The summed E-state index contributed by atoms with van der Waals surface area (Å²) in [7, 11) is -2.66. The van der Waals surface area contributed by atoms with E-state index in [9.17, 15) is 22.4 Å². The first-order valence-electron chi connectivity index (χ1n) is 12.8. The number of benzene rings is 3. The number of sulfonamides is 1. The van der Waals surface area contributed by atoms with E-state index in [1.165, 1.54) is 41.2 Å². The Labute approximate surface area is 227 Å². The molecule has 2 aliphatic heterocycles. The Kier molecular flexibility index (Phi) is 7.79. The number of nitrogens with zero attached hydrogens (tertiary/aromatic N) is 3. The van der Waals surface area contributed by atoms with Crippen LogP contribution >= 0.6 is 0 Å². The van der Waals surface area contributed by atoms with E-state index in [0.717, 1.165) is 23.6 Å². The number of anilines is 1. The highest BCUT2D eigenvalue weighted by atomic mass is 32.2. The molecule has 8 nitrogen and oxygen atoms in total. The van der Waals surface area contributed by atoms with Crippen LogP contribution in [0.15, 0.2) is 83.8 Å². The number of imide groups is 1. The number of rotatable bonds is 8. The maximum Gasteiger partial charge on any atom is 0.252 e. The summed E-state index contributed by atoms with van der Waals surface area (Å²) in [6, 6.07) is 19.4. The zero-order chi connectivity index (χ0) is 27.6. The minimum absolute atomic E-state index is 0.0236. The molecule has 3 aromatic carbocycles. The van der Waals surface area contributed by atoms with Crippen molar-refractivity contribution in [2.75, 3.05) is 25.1 Å². The number of halogens is 1. The van der Waals surface area contributed by atoms with Crippen LogP contribution in [0, 0.1) is 5.82 Å². The number of likely N-dealkylation sites (tertiary alicyclic amines) is 1. The van der Waals surface area contributed by atoms with Crippen molar-refractivity contribution < 1.29 is 27.1 Å². The maximum absolute atomic E-state index is 14.1. The van der Waals surface area contributed by atoms with E-state index in [1.54, 1.807) is 12.1 Å². The van der Waals surface area contributed by atoms with Crippen LogP contribution in [0.5, 0.6) is 5.75 Å². The number of ether oxygens (including phenoxy) is 1. The molecule has 0 bridgehead atoms. The molecule has 0 radical (unpaired) electrons. The standard InChI is InChI=1S/C29H30FN3O5S/c1-38-25-11-13-26(14-12-25)39(36,37)33(24-15-17-31(18-16-24)20-21-5-3-2-4-6-21)27-19-28(34)32(29(27)35)23-9-7-22(30)8-10-23/h2-14,24,27H,15-20H2,1H3. The van der Waals surface area contributed by atoms with Gasteiger partial charge in [0.1, 0.15) is 17.6 Å². The van der Waals surface area contributed by atoms with Gasteiger partial charge in [0.05, 0.1) is 24.1 Å². The van der Waals surface area contributed by atoms with Crippen molar-refractivity contribution in [1.82, 2.24) is 9.21 Å². The highest BCUT2D eigenvalue weighted by molar-refractivity contribution is 7.89. The predicted molar refractivity (Wildman–Crippen MR) is 144 cm³/mol. The van der Waals surface area contributed by atoms with E-state index < -0.39 is 39.7 Å². The van der Waals surface area contributed by atoms with Crippen molar-refractivity contribution in [3.63, 3.8) is 0 Å². The first-order chi connectivity index (χ1) is 18.8. The van der Waals surface area contributed by atoms with E-state index in [0.29, 0.717) is 31.7 Å². The summed E-state index contributed by atoms with van der Waals surface area (Å²) < 4.78 is 48.1. The minimum atomic E-state index is -4.15. The van der Waals surface area contributed by atoms with Crippen LogP contribution in [0.2, 0.25) is 0 Å². The molecule has 2 heterocycles. The number of carbonyl (C=O) groups is 2. The van der Waals surface area contributed by atoms with Crippen LogP contribution in [-0.2, 0) is 26.2 Å². The molecule has 204 valence electrons. The minimum Gasteiger partial charge on any atom is -0.497 e. The first-order valence-corrected chi connectivity index (χ1v) is 14.3. The summed E-state index contributed by atoms with van der Waals surface area (Å²) >= 11 is 0. The van der Waals surface area contributed by atoms with Gasteiger partial charge in [-0.1, -0.05) is 30.3 Å². The van der Waals surface area contributed by atoms with Gasteiger partial charge in [0, 0.05) is 25.7 Å². The molecule has 0 N–H and O–H groups in total. The van der Waals surface area contributed by atoms with Crippen molar-refractivity contribution in [3.05, 3.63) is 90.2 Å². The lowest BCUT2D eigenvalue weighted by Gasteiger charge is -2.39. The first kappa shape index (κ1) is 27.0. The van der Waals surface area contributed by atoms with Gasteiger partial charge in [-0.05, 0) is 66.9 Å². The maximum atomic E-state index is 14.1. The molecule has 0 aliphatic carbocycles. The number of piperidine rings is 1. The Balaban J connectivity index is 1.44. The van der Waals surface area contributed by atoms with Gasteiger partial charge >= 0.3 is 0 Å². The van der Waals surface area contributed by atoms with Crippen LogP contribution in [0.1, 0.15) is 24.8 Å². The molecule has 2 amide bonds. The molecule has 2 fully saturated rings. The molecule has 2 aliphatic rings. The third-order valence-corrected chi connectivity index (χ3v) is 9.29. The highest BCUT2D eigenvalue weighted by Gasteiger charge is 2.49. The van der Waals surface area contributed by atoms with Crippen LogP contribution in [0.4, 0.5) is 10.1 Å².